The van der Waals surface area contributed by atoms with Crippen LogP contribution in [0.3, 0.4) is 0 Å². The summed E-state index contributed by atoms with van der Waals surface area (Å²) in [6.07, 6.45) is 0. The second-order valence-electron chi connectivity index (χ2n) is 7.73. The molecule has 0 saturated heterocycles. The van der Waals surface area contributed by atoms with Crippen LogP contribution < -0.4 is 19.1 Å². The van der Waals surface area contributed by atoms with Crippen LogP contribution in [0, 0.1) is 20.8 Å². The summed E-state index contributed by atoms with van der Waals surface area (Å²) in [5.74, 6) is 0.572. The smallest absolute Gasteiger partial charge is 0.265 e. The van der Waals surface area contributed by atoms with Crippen LogP contribution in [-0.2, 0) is 14.8 Å². The number of aryl methyl sites for hydroxylation is 3. The molecule has 3 aromatic rings. The van der Waals surface area contributed by atoms with Crippen molar-refractivity contribution in [3.05, 3.63) is 77.4 Å². The van der Waals surface area contributed by atoms with Gasteiger partial charge < -0.3 is 14.8 Å². The van der Waals surface area contributed by atoms with Gasteiger partial charge in [-0.2, -0.15) is 0 Å². The van der Waals surface area contributed by atoms with Crippen molar-refractivity contribution in [3.8, 4) is 11.5 Å². The first-order valence-electron chi connectivity index (χ1n) is 10.3. The first-order valence-corrected chi connectivity index (χ1v) is 11.8. The van der Waals surface area contributed by atoms with Gasteiger partial charge >= 0.3 is 0 Å². The number of sulfonamides is 1. The second-order valence-corrected chi connectivity index (χ2v) is 9.56. The molecule has 33 heavy (non-hydrogen) atoms. The Morgan fingerprint density at radius 3 is 2.15 bits per heavy atom. The van der Waals surface area contributed by atoms with Crippen molar-refractivity contribution >= 4 is 27.3 Å². The van der Waals surface area contributed by atoms with Crippen molar-refractivity contribution in [2.24, 2.45) is 0 Å². The fraction of sp³-hybridized carbons (Fsp3) is 0.240. The van der Waals surface area contributed by atoms with Crippen molar-refractivity contribution in [2.45, 2.75) is 25.7 Å². The largest absolute Gasteiger partial charge is 0.497 e. The lowest BCUT2D eigenvalue weighted by atomic mass is 10.2. The molecule has 0 atom stereocenters. The number of nitrogens with one attached hydrogen (secondary N) is 1. The number of amides is 1. The number of carbonyl (C=O) groups excluding carboxylic acids is 1. The number of hydrogen-bond acceptors (Lipinski definition) is 5. The lowest BCUT2D eigenvalue weighted by molar-refractivity contribution is -0.114. The topological polar surface area (TPSA) is 84.9 Å². The number of hydrogen-bond donors (Lipinski definition) is 1. The highest BCUT2D eigenvalue weighted by Crippen LogP contribution is 2.29. The molecular weight excluding hydrogens is 440 g/mol. The van der Waals surface area contributed by atoms with Crippen LogP contribution in [0.2, 0.25) is 0 Å². The van der Waals surface area contributed by atoms with E-state index in [1.54, 1.807) is 55.5 Å². The van der Waals surface area contributed by atoms with E-state index < -0.39 is 22.5 Å². The molecule has 0 aliphatic heterocycles. The Balaban J connectivity index is 2.01. The lowest BCUT2D eigenvalue weighted by Gasteiger charge is -2.25. The van der Waals surface area contributed by atoms with Gasteiger partial charge in [-0.25, -0.2) is 8.42 Å². The zero-order chi connectivity index (χ0) is 24.2. The van der Waals surface area contributed by atoms with Crippen LogP contribution in [0.25, 0.3) is 0 Å². The Labute approximate surface area is 195 Å². The molecule has 0 fully saturated rings. The van der Waals surface area contributed by atoms with Crippen molar-refractivity contribution in [1.29, 1.82) is 0 Å². The van der Waals surface area contributed by atoms with E-state index in [1.807, 2.05) is 26.0 Å². The summed E-state index contributed by atoms with van der Waals surface area (Å²) in [4.78, 5) is 13.2. The second kappa shape index (κ2) is 9.95. The number of benzene rings is 3. The van der Waals surface area contributed by atoms with Crippen molar-refractivity contribution in [1.82, 2.24) is 0 Å². The minimum absolute atomic E-state index is 0.152. The van der Waals surface area contributed by atoms with E-state index in [9.17, 15) is 13.2 Å². The maximum Gasteiger partial charge on any atom is 0.265 e. The monoisotopic (exact) mass is 468 g/mol. The predicted molar refractivity (Wildman–Crippen MR) is 130 cm³/mol. The molecule has 0 aliphatic carbocycles. The van der Waals surface area contributed by atoms with Gasteiger partial charge in [-0.3, -0.25) is 9.10 Å². The highest BCUT2D eigenvalue weighted by atomic mass is 32.2. The van der Waals surface area contributed by atoms with Crippen molar-refractivity contribution < 1.29 is 22.7 Å². The van der Waals surface area contributed by atoms with E-state index in [1.165, 1.54) is 14.2 Å². The fourth-order valence-electron chi connectivity index (χ4n) is 3.41. The Kier molecular flexibility index (Phi) is 7.28. The van der Waals surface area contributed by atoms with Crippen LogP contribution in [0.5, 0.6) is 11.5 Å². The summed E-state index contributed by atoms with van der Waals surface area (Å²) in [5.41, 5.74) is 3.16. The molecule has 174 valence electrons. The van der Waals surface area contributed by atoms with E-state index in [0.717, 1.165) is 15.4 Å². The van der Waals surface area contributed by atoms with E-state index in [0.29, 0.717) is 28.4 Å². The molecule has 1 N–H and O–H groups in total. The van der Waals surface area contributed by atoms with Gasteiger partial charge in [0.15, 0.2) is 0 Å². The van der Waals surface area contributed by atoms with Gasteiger partial charge in [-0.1, -0.05) is 18.2 Å². The fourth-order valence-corrected chi connectivity index (χ4v) is 5.14. The van der Waals surface area contributed by atoms with E-state index in [-0.39, 0.29) is 4.90 Å². The molecule has 8 heteroatoms. The molecule has 0 bridgehead atoms. The summed E-state index contributed by atoms with van der Waals surface area (Å²) < 4.78 is 39.0. The molecular formula is C25H28N2O5S. The highest BCUT2D eigenvalue weighted by Gasteiger charge is 2.29. The van der Waals surface area contributed by atoms with E-state index in [4.69, 9.17) is 9.47 Å². The molecule has 3 rings (SSSR count). The van der Waals surface area contributed by atoms with Gasteiger partial charge in [0.25, 0.3) is 10.0 Å². The average molecular weight is 469 g/mol. The van der Waals surface area contributed by atoms with Crippen molar-refractivity contribution in [2.75, 3.05) is 30.4 Å². The first-order chi connectivity index (χ1) is 15.6. The van der Waals surface area contributed by atoms with Gasteiger partial charge in [0.05, 0.1) is 30.5 Å². The van der Waals surface area contributed by atoms with E-state index >= 15 is 0 Å². The summed E-state index contributed by atoms with van der Waals surface area (Å²) in [6.45, 7) is 5.03. The van der Waals surface area contributed by atoms with Crippen LogP contribution in [-0.4, -0.2) is 35.1 Å². The molecule has 0 radical (unpaired) electrons. The normalized spacial score (nSPS) is 11.1. The summed E-state index contributed by atoms with van der Waals surface area (Å²) in [6, 6.07) is 17.1. The van der Waals surface area contributed by atoms with Crippen LogP contribution in [0.1, 0.15) is 16.7 Å². The third-order valence-electron chi connectivity index (χ3n) is 5.19. The Morgan fingerprint density at radius 2 is 1.52 bits per heavy atom. The lowest BCUT2D eigenvalue weighted by Crippen LogP contribution is -2.38. The maximum absolute atomic E-state index is 13.7. The van der Waals surface area contributed by atoms with Gasteiger partial charge in [0.1, 0.15) is 18.0 Å². The zero-order valence-electron chi connectivity index (χ0n) is 19.4. The number of carbonyl (C=O) groups is 1. The molecule has 0 aromatic heterocycles. The number of anilines is 2. The van der Waals surface area contributed by atoms with Gasteiger partial charge in [0, 0.05) is 0 Å². The quantitative estimate of drug-likeness (QED) is 0.528. The van der Waals surface area contributed by atoms with E-state index in [2.05, 4.69) is 5.32 Å². The Hall–Kier alpha value is -3.52. The van der Waals surface area contributed by atoms with Crippen LogP contribution in [0.4, 0.5) is 11.4 Å². The Morgan fingerprint density at radius 1 is 0.879 bits per heavy atom. The molecule has 0 spiro atoms. The Bertz CT molecular complexity index is 1250. The molecule has 1 amide bonds. The zero-order valence-corrected chi connectivity index (χ0v) is 20.2. The van der Waals surface area contributed by atoms with Crippen molar-refractivity contribution in [3.63, 3.8) is 0 Å². The molecule has 0 saturated carbocycles. The predicted octanol–water partition coefficient (Wildman–Crippen LogP) is 4.46. The van der Waals surface area contributed by atoms with Gasteiger partial charge in [0.2, 0.25) is 5.91 Å². The molecule has 0 aliphatic rings. The third kappa shape index (κ3) is 5.46. The molecule has 0 unspecified atom stereocenters. The van der Waals surface area contributed by atoms with Crippen LogP contribution >= 0.6 is 0 Å². The number of ether oxygens (including phenoxy) is 2. The third-order valence-corrected chi connectivity index (χ3v) is 7.10. The van der Waals surface area contributed by atoms with Crippen LogP contribution in [0.15, 0.2) is 65.6 Å². The standard InChI is InChI=1S/C25H28N2O5S/c1-17-7-13-23(32-5)22(14-17)26-25(28)16-27(20-9-11-21(31-4)12-10-20)33(29,30)24-15-18(2)6-8-19(24)3/h6-15H,16H2,1-5H3,(H,26,28). The summed E-state index contributed by atoms with van der Waals surface area (Å²) in [5, 5.41) is 2.78. The van der Waals surface area contributed by atoms with Gasteiger partial charge in [-0.05, 0) is 79.9 Å². The maximum atomic E-state index is 13.7. The molecule has 3 aromatic carbocycles. The minimum atomic E-state index is -4.04. The first kappa shape index (κ1) is 24.1. The number of nitrogens with zero attached hydrogens (tertiary/aromatic N) is 1. The molecule has 7 nitrogen and oxygen atoms in total. The van der Waals surface area contributed by atoms with Gasteiger partial charge in [-0.15, -0.1) is 0 Å². The average Bonchev–Trinajstić information content (AvgIpc) is 2.79. The number of rotatable bonds is 8. The SMILES string of the molecule is COc1ccc(N(CC(=O)Nc2cc(C)ccc2OC)S(=O)(=O)c2cc(C)ccc2C)cc1. The number of methoxy groups -OCH3 is 2. The summed E-state index contributed by atoms with van der Waals surface area (Å²) >= 11 is 0. The summed E-state index contributed by atoms with van der Waals surface area (Å²) in [7, 11) is -0.999. The highest BCUT2D eigenvalue weighted by molar-refractivity contribution is 7.93. The molecule has 0 heterocycles. The minimum Gasteiger partial charge on any atom is -0.497 e.